The summed E-state index contributed by atoms with van der Waals surface area (Å²) in [4.78, 5) is 32.3. The van der Waals surface area contributed by atoms with Crippen LogP contribution in [-0.2, 0) is 0 Å². The molecule has 0 radical (unpaired) electrons. The van der Waals surface area contributed by atoms with E-state index in [1.807, 2.05) is 11.9 Å². The number of piperazine rings is 1. The molecule has 31 heavy (non-hydrogen) atoms. The summed E-state index contributed by atoms with van der Waals surface area (Å²) < 4.78 is 13.1. The molecule has 1 amide bonds. The predicted octanol–water partition coefficient (Wildman–Crippen LogP) is 3.86. The van der Waals surface area contributed by atoms with Crippen LogP contribution in [0.1, 0.15) is 10.4 Å². The van der Waals surface area contributed by atoms with Crippen molar-refractivity contribution >= 4 is 33.8 Å². The molecule has 160 valence electrons. The Morgan fingerprint density at radius 3 is 2.55 bits per heavy atom. The molecule has 1 N–H and O–H groups in total. The van der Waals surface area contributed by atoms with Crippen molar-refractivity contribution in [3.05, 3.63) is 69.3 Å². The number of thiazole rings is 1. The van der Waals surface area contributed by atoms with Crippen molar-refractivity contribution in [1.29, 1.82) is 0 Å². The summed E-state index contributed by atoms with van der Waals surface area (Å²) in [5.41, 5.74) is 1.94. The number of likely N-dealkylation sites (N-methyl/N-ethyl adjacent to an activating group) is 1. The average molecular weight is 441 g/mol. The highest BCUT2D eigenvalue weighted by Gasteiger charge is 2.24. The number of hydrogen-bond donors (Lipinski definition) is 1. The lowest BCUT2D eigenvalue weighted by molar-refractivity contribution is -0.384. The van der Waals surface area contributed by atoms with Gasteiger partial charge in [-0.15, -0.1) is 11.3 Å². The SMILES string of the molecule is CN1CCN(c2ccc(C(=O)Nc3nc(-c4ccc(F)cc4)cs3)cc2[N+](=O)[O-])CC1. The zero-order chi connectivity index (χ0) is 22.0. The van der Waals surface area contributed by atoms with Crippen molar-refractivity contribution in [2.24, 2.45) is 0 Å². The molecule has 0 aliphatic carbocycles. The highest BCUT2D eigenvalue weighted by Crippen LogP contribution is 2.31. The van der Waals surface area contributed by atoms with Gasteiger partial charge >= 0.3 is 0 Å². The summed E-state index contributed by atoms with van der Waals surface area (Å²) >= 11 is 1.22. The van der Waals surface area contributed by atoms with Gasteiger partial charge in [0.2, 0.25) is 0 Å². The molecule has 1 aliphatic rings. The first-order chi connectivity index (χ1) is 14.9. The Morgan fingerprint density at radius 1 is 1.16 bits per heavy atom. The van der Waals surface area contributed by atoms with E-state index in [0.717, 1.165) is 18.7 Å². The standard InChI is InChI=1S/C21H20FN5O3S/c1-25-8-10-26(11-9-25)18-7-4-15(12-19(18)27(29)30)20(28)24-21-23-17(13-31-21)14-2-5-16(22)6-3-14/h2-7,12-13H,8-11H2,1H3,(H,23,24,28). The molecular weight excluding hydrogens is 421 g/mol. The fourth-order valence-corrected chi connectivity index (χ4v) is 4.09. The predicted molar refractivity (Wildman–Crippen MR) is 118 cm³/mol. The van der Waals surface area contributed by atoms with Crippen molar-refractivity contribution < 1.29 is 14.1 Å². The van der Waals surface area contributed by atoms with Gasteiger partial charge in [0.05, 0.1) is 10.6 Å². The third-order valence-corrected chi connectivity index (χ3v) is 5.90. The number of hydrogen-bond acceptors (Lipinski definition) is 7. The summed E-state index contributed by atoms with van der Waals surface area (Å²) in [5.74, 6) is -0.817. The van der Waals surface area contributed by atoms with Gasteiger partial charge < -0.3 is 9.80 Å². The molecule has 1 aromatic heterocycles. The van der Waals surface area contributed by atoms with Crippen LogP contribution in [-0.4, -0.2) is 53.9 Å². The Balaban J connectivity index is 1.51. The zero-order valence-electron chi connectivity index (χ0n) is 16.7. The number of nitro benzene ring substituents is 1. The lowest BCUT2D eigenvalue weighted by Crippen LogP contribution is -2.44. The van der Waals surface area contributed by atoms with Gasteiger partial charge in [-0.25, -0.2) is 9.37 Å². The van der Waals surface area contributed by atoms with Gasteiger partial charge in [0.1, 0.15) is 11.5 Å². The summed E-state index contributed by atoms with van der Waals surface area (Å²) in [5, 5.41) is 16.4. The van der Waals surface area contributed by atoms with E-state index >= 15 is 0 Å². The number of nitrogens with zero attached hydrogens (tertiary/aromatic N) is 4. The molecule has 1 saturated heterocycles. The van der Waals surface area contributed by atoms with Crippen LogP contribution in [0.2, 0.25) is 0 Å². The Hall–Kier alpha value is -3.37. The monoisotopic (exact) mass is 441 g/mol. The van der Waals surface area contributed by atoms with Gasteiger partial charge in [0, 0.05) is 48.8 Å². The van der Waals surface area contributed by atoms with E-state index in [4.69, 9.17) is 0 Å². The quantitative estimate of drug-likeness (QED) is 0.478. The first-order valence-corrected chi connectivity index (χ1v) is 10.5. The van der Waals surface area contributed by atoms with E-state index in [0.29, 0.717) is 29.6 Å². The van der Waals surface area contributed by atoms with Gasteiger partial charge in [-0.3, -0.25) is 20.2 Å². The second kappa shape index (κ2) is 8.78. The molecule has 0 spiro atoms. The number of carbonyl (C=O) groups excluding carboxylic acids is 1. The Labute approximate surface area is 182 Å². The van der Waals surface area contributed by atoms with Crippen LogP contribution in [0.3, 0.4) is 0 Å². The first-order valence-electron chi connectivity index (χ1n) is 9.65. The maximum Gasteiger partial charge on any atom is 0.293 e. The molecule has 4 rings (SSSR count). The number of nitrogens with one attached hydrogen (secondary N) is 1. The Morgan fingerprint density at radius 2 is 1.87 bits per heavy atom. The number of carbonyl (C=O) groups is 1. The second-order valence-electron chi connectivity index (χ2n) is 7.25. The minimum absolute atomic E-state index is 0.0941. The molecular formula is C21H20FN5O3S. The van der Waals surface area contributed by atoms with Gasteiger partial charge in [-0.05, 0) is 43.4 Å². The molecule has 3 aromatic rings. The van der Waals surface area contributed by atoms with Crippen molar-refractivity contribution in [2.45, 2.75) is 0 Å². The number of aromatic nitrogens is 1. The summed E-state index contributed by atoms with van der Waals surface area (Å²) in [6.45, 7) is 3.02. The van der Waals surface area contributed by atoms with Crippen LogP contribution < -0.4 is 10.2 Å². The number of halogens is 1. The van der Waals surface area contributed by atoms with E-state index in [2.05, 4.69) is 15.2 Å². The molecule has 0 saturated carbocycles. The number of benzene rings is 2. The molecule has 1 fully saturated rings. The van der Waals surface area contributed by atoms with Crippen molar-refractivity contribution in [3.8, 4) is 11.3 Å². The third-order valence-electron chi connectivity index (χ3n) is 5.14. The minimum atomic E-state index is -0.479. The summed E-state index contributed by atoms with van der Waals surface area (Å²) in [6.07, 6.45) is 0. The molecule has 8 nitrogen and oxygen atoms in total. The van der Waals surface area contributed by atoms with Gasteiger partial charge in [-0.2, -0.15) is 0 Å². The third kappa shape index (κ3) is 4.70. The van der Waals surface area contributed by atoms with Crippen LogP contribution in [0.25, 0.3) is 11.3 Å². The van der Waals surface area contributed by atoms with Crippen molar-refractivity contribution in [3.63, 3.8) is 0 Å². The molecule has 2 heterocycles. The number of nitro groups is 1. The lowest BCUT2D eigenvalue weighted by Gasteiger charge is -2.33. The lowest BCUT2D eigenvalue weighted by atomic mass is 10.1. The maximum atomic E-state index is 13.1. The van der Waals surface area contributed by atoms with E-state index in [1.165, 1.54) is 29.5 Å². The van der Waals surface area contributed by atoms with Gasteiger partial charge in [0.25, 0.3) is 11.6 Å². The molecule has 2 aromatic carbocycles. The maximum absolute atomic E-state index is 13.1. The van der Waals surface area contributed by atoms with Crippen LogP contribution in [0.4, 0.5) is 20.9 Å². The van der Waals surface area contributed by atoms with Gasteiger partial charge in [0.15, 0.2) is 5.13 Å². The Bertz CT molecular complexity index is 1110. The number of amides is 1. The van der Waals surface area contributed by atoms with Crippen molar-refractivity contribution in [1.82, 2.24) is 9.88 Å². The molecule has 0 unspecified atom stereocenters. The van der Waals surface area contributed by atoms with Crippen molar-refractivity contribution in [2.75, 3.05) is 43.4 Å². The smallest absolute Gasteiger partial charge is 0.293 e. The largest absolute Gasteiger partial charge is 0.363 e. The average Bonchev–Trinajstić information content (AvgIpc) is 3.22. The highest BCUT2D eigenvalue weighted by molar-refractivity contribution is 7.14. The normalized spacial score (nSPS) is 14.5. The fraction of sp³-hybridized carbons (Fsp3) is 0.238. The molecule has 10 heteroatoms. The molecule has 0 atom stereocenters. The van der Waals surface area contributed by atoms with E-state index < -0.39 is 10.8 Å². The zero-order valence-corrected chi connectivity index (χ0v) is 17.6. The van der Waals surface area contributed by atoms with Gasteiger partial charge in [-0.1, -0.05) is 0 Å². The molecule has 0 bridgehead atoms. The fourth-order valence-electron chi connectivity index (χ4n) is 3.38. The van der Waals surface area contributed by atoms with E-state index in [1.54, 1.807) is 29.6 Å². The topological polar surface area (TPSA) is 91.6 Å². The van der Waals surface area contributed by atoms with E-state index in [-0.39, 0.29) is 17.1 Å². The van der Waals surface area contributed by atoms with E-state index in [9.17, 15) is 19.3 Å². The number of anilines is 2. The second-order valence-corrected chi connectivity index (χ2v) is 8.11. The summed E-state index contributed by atoms with van der Waals surface area (Å²) in [6, 6.07) is 10.4. The molecule has 1 aliphatic heterocycles. The highest BCUT2D eigenvalue weighted by atomic mass is 32.1. The number of rotatable bonds is 5. The van der Waals surface area contributed by atoms with Crippen LogP contribution in [0, 0.1) is 15.9 Å². The first kappa shape index (κ1) is 20.9. The Kier molecular flexibility index (Phi) is 5.92. The minimum Gasteiger partial charge on any atom is -0.363 e. The van der Waals surface area contributed by atoms with Crippen LogP contribution in [0.5, 0.6) is 0 Å². The van der Waals surface area contributed by atoms with Crippen LogP contribution in [0.15, 0.2) is 47.8 Å². The summed E-state index contributed by atoms with van der Waals surface area (Å²) in [7, 11) is 2.01. The van der Waals surface area contributed by atoms with Crippen LogP contribution >= 0.6 is 11.3 Å².